The van der Waals surface area contributed by atoms with Crippen LogP contribution in [0, 0.1) is 0 Å². The molecular weight excluding hydrogens is 869 g/mol. The number of hydrogen-bond donors (Lipinski definition) is 8. The van der Waals surface area contributed by atoms with E-state index in [0.717, 1.165) is 36.4 Å². The quantitative estimate of drug-likeness (QED) is 0.0703. The van der Waals surface area contributed by atoms with Gasteiger partial charge in [-0.1, -0.05) is 36.4 Å². The van der Waals surface area contributed by atoms with Gasteiger partial charge >= 0.3 is 0 Å². The highest BCUT2D eigenvalue weighted by atomic mass is 32.2. The number of allylic oxidation sites excluding steroid dienone is 4. The van der Waals surface area contributed by atoms with Gasteiger partial charge in [-0.25, -0.2) is 0 Å². The van der Waals surface area contributed by atoms with Crippen LogP contribution in [-0.2, 0) is 40.5 Å². The van der Waals surface area contributed by atoms with E-state index in [1.807, 2.05) is 0 Å². The summed E-state index contributed by atoms with van der Waals surface area (Å²) in [6.45, 7) is 2.73. The number of anilines is 4. The van der Waals surface area contributed by atoms with Gasteiger partial charge in [0.25, 0.3) is 40.5 Å². The molecule has 0 amide bonds. The van der Waals surface area contributed by atoms with Gasteiger partial charge in [-0.15, -0.1) is 0 Å². The van der Waals surface area contributed by atoms with Crippen molar-refractivity contribution in [2.24, 2.45) is 10.2 Å². The van der Waals surface area contributed by atoms with Crippen LogP contribution in [-0.4, -0.2) is 74.9 Å². The second kappa shape index (κ2) is 16.0. The number of Topliss-reactive ketones (excluding diaryl/α,β-unsaturated/α-hetero) is 2. The normalized spacial score (nSPS) is 16.3. The van der Waals surface area contributed by atoms with Gasteiger partial charge in [0.1, 0.15) is 9.81 Å². The van der Waals surface area contributed by atoms with Crippen LogP contribution >= 0.6 is 0 Å². The lowest BCUT2D eigenvalue weighted by Crippen LogP contribution is -2.28. The number of carbonyl (C=O) groups is 2. The third-order valence-corrected chi connectivity index (χ3v) is 12.1. The van der Waals surface area contributed by atoms with Crippen molar-refractivity contribution in [1.82, 2.24) is 0 Å². The molecule has 20 nitrogen and oxygen atoms in total. The topological polar surface area (TPSA) is 324 Å². The maximum Gasteiger partial charge on any atom is 0.296 e. The highest BCUT2D eigenvalue weighted by Gasteiger charge is 2.37. The van der Waals surface area contributed by atoms with Crippen molar-refractivity contribution in [3.8, 4) is 0 Å². The van der Waals surface area contributed by atoms with Crippen molar-refractivity contribution in [2.75, 3.05) is 21.5 Å². The number of hydrazone groups is 2. The molecule has 4 aromatic rings. The number of hydrogen-bond acceptors (Lipinski definition) is 16. The zero-order valence-corrected chi connectivity index (χ0v) is 33.9. The van der Waals surface area contributed by atoms with E-state index in [0.29, 0.717) is 11.4 Å². The first-order chi connectivity index (χ1) is 27.9. The van der Waals surface area contributed by atoms with Gasteiger partial charge in [-0.05, 0) is 85.7 Å². The molecule has 2 aliphatic carbocycles. The van der Waals surface area contributed by atoms with Gasteiger partial charge in [0.2, 0.25) is 11.6 Å². The van der Waals surface area contributed by atoms with E-state index in [4.69, 9.17) is 0 Å². The van der Waals surface area contributed by atoms with Crippen LogP contribution in [0.5, 0.6) is 0 Å². The van der Waals surface area contributed by atoms with Gasteiger partial charge < -0.3 is 10.6 Å². The van der Waals surface area contributed by atoms with Crippen LogP contribution in [0.2, 0.25) is 0 Å². The van der Waals surface area contributed by atoms with Crippen LogP contribution in [0.3, 0.4) is 0 Å². The molecule has 2 aliphatic rings. The molecule has 0 heterocycles. The molecule has 312 valence electrons. The highest BCUT2D eigenvalue weighted by Crippen LogP contribution is 2.37. The lowest BCUT2D eigenvalue weighted by Gasteiger charge is -2.23. The van der Waals surface area contributed by atoms with E-state index in [1.54, 1.807) is 36.4 Å². The fraction of sp³-hybridized carbons (Fsp3) is 0.0556. The fourth-order valence-electron chi connectivity index (χ4n) is 5.85. The van der Waals surface area contributed by atoms with Crippen LogP contribution in [0.4, 0.5) is 22.7 Å². The molecule has 4 aromatic carbocycles. The maximum absolute atomic E-state index is 14.0. The lowest BCUT2D eigenvalue weighted by molar-refractivity contribution is 0.105. The Kier molecular flexibility index (Phi) is 11.5. The third kappa shape index (κ3) is 9.24. The summed E-state index contributed by atoms with van der Waals surface area (Å²) in [5, 5.41) is 13.4. The molecular formula is C36H30N6O14S4. The number of para-hydroxylation sites is 2. The SMILES string of the molecule is C/C(Nc1cc(S(=O)(=O)O)cc2c1C(=O)/C(=N/Nc1ccccc1)C(S(=O)(=O)O)=C2)=C(/C)Nc1cc(S(=O)(=O)O)cc2c1C(=O)/C(=N/Nc1ccccc1)C(S(=O)(=O)O)=C2. The number of benzene rings is 4. The van der Waals surface area contributed by atoms with Crippen molar-refractivity contribution >= 4 is 98.4 Å². The van der Waals surface area contributed by atoms with Gasteiger partial charge in [-0.2, -0.15) is 43.9 Å². The Bertz CT molecular complexity index is 2920. The molecule has 0 saturated heterocycles. The van der Waals surface area contributed by atoms with E-state index >= 15 is 0 Å². The molecule has 8 N–H and O–H groups in total. The summed E-state index contributed by atoms with van der Waals surface area (Å²) in [5.74, 6) is -2.27. The Balaban J connectivity index is 1.48. The van der Waals surface area contributed by atoms with Gasteiger partial charge in [0.05, 0.1) is 43.7 Å². The number of fused-ring (bicyclic) bond motifs is 2. The Morgan fingerprint density at radius 3 is 1.13 bits per heavy atom. The third-order valence-electron chi connectivity index (χ3n) is 8.71. The first-order valence-electron chi connectivity index (χ1n) is 16.7. The maximum atomic E-state index is 14.0. The predicted octanol–water partition coefficient (Wildman–Crippen LogP) is 4.74. The van der Waals surface area contributed by atoms with E-state index in [1.165, 1.54) is 38.1 Å². The second-order valence-electron chi connectivity index (χ2n) is 12.8. The number of rotatable bonds is 12. The predicted molar refractivity (Wildman–Crippen MR) is 221 cm³/mol. The van der Waals surface area contributed by atoms with E-state index in [2.05, 4.69) is 31.7 Å². The van der Waals surface area contributed by atoms with Gasteiger partial charge in [-0.3, -0.25) is 38.7 Å². The number of nitrogens with one attached hydrogen (secondary N) is 4. The van der Waals surface area contributed by atoms with Crippen LogP contribution in [0.15, 0.2) is 126 Å². The monoisotopic (exact) mass is 898 g/mol. The standard InChI is InChI=1S/C36H30N6O14S4/c1-19(37-27-17-25(57(45,46)47)13-21-15-29(59(51,52)53)33(35(43)31(21)27)41-39-23-9-5-3-6-10-23)20(2)38-28-18-26(58(48,49)50)14-22-16-30(60(54,55)56)34(36(44)32(22)28)42-40-24-11-7-4-8-12-24/h3-18,37-40H,1-2H3,(H,45,46,47)(H,48,49,50)(H,51,52,53)(H,54,55,56)/b20-19+,41-33+,42-34+. The zero-order valence-electron chi connectivity index (χ0n) is 30.6. The number of nitrogens with zero attached hydrogens (tertiary/aromatic N) is 2. The van der Waals surface area contributed by atoms with E-state index < -0.39 is 83.1 Å². The van der Waals surface area contributed by atoms with Crippen molar-refractivity contribution < 1.29 is 61.5 Å². The molecule has 60 heavy (non-hydrogen) atoms. The fourth-order valence-corrected chi connectivity index (χ4v) is 8.25. The Morgan fingerprint density at radius 2 is 0.833 bits per heavy atom. The molecule has 6 rings (SSSR count). The molecule has 0 unspecified atom stereocenters. The summed E-state index contributed by atoms with van der Waals surface area (Å²) in [6, 6.07) is 19.2. The van der Waals surface area contributed by atoms with Gasteiger partial charge in [0, 0.05) is 11.4 Å². The average Bonchev–Trinajstić information content (AvgIpc) is 3.15. The lowest BCUT2D eigenvalue weighted by atomic mass is 9.92. The molecule has 0 fully saturated rings. The van der Waals surface area contributed by atoms with Crippen molar-refractivity contribution in [1.29, 1.82) is 0 Å². The van der Waals surface area contributed by atoms with Crippen LogP contribution in [0.1, 0.15) is 45.7 Å². The zero-order chi connectivity index (χ0) is 43.9. The molecule has 0 saturated carbocycles. The van der Waals surface area contributed by atoms with Gasteiger partial charge in [0.15, 0.2) is 11.4 Å². The molecule has 0 spiro atoms. The smallest absolute Gasteiger partial charge is 0.296 e. The molecule has 0 radical (unpaired) electrons. The Labute approximate surface area is 342 Å². The minimum absolute atomic E-state index is 0.00557. The summed E-state index contributed by atoms with van der Waals surface area (Å²) >= 11 is 0. The summed E-state index contributed by atoms with van der Waals surface area (Å²) < 4.78 is 139. The minimum Gasteiger partial charge on any atom is -0.357 e. The number of ketones is 2. The molecule has 0 bridgehead atoms. The van der Waals surface area contributed by atoms with E-state index in [9.17, 15) is 61.5 Å². The van der Waals surface area contributed by atoms with Crippen LogP contribution in [0.25, 0.3) is 12.2 Å². The highest BCUT2D eigenvalue weighted by molar-refractivity contribution is 7.91. The molecule has 24 heteroatoms. The number of carbonyl (C=O) groups excluding carboxylic acids is 2. The largest absolute Gasteiger partial charge is 0.357 e. The van der Waals surface area contributed by atoms with E-state index in [-0.39, 0.29) is 45.0 Å². The summed E-state index contributed by atoms with van der Waals surface area (Å²) in [7, 11) is -20.4. The molecule has 0 aliphatic heterocycles. The first-order valence-corrected chi connectivity index (χ1v) is 22.5. The summed E-state index contributed by atoms with van der Waals surface area (Å²) in [6.07, 6.45) is 1.53. The molecule has 0 aromatic heterocycles. The first kappa shape index (κ1) is 43.2. The van der Waals surface area contributed by atoms with Crippen molar-refractivity contribution in [3.05, 3.63) is 128 Å². The average molecular weight is 899 g/mol. The minimum atomic E-state index is -5.18. The second-order valence-corrected chi connectivity index (χ2v) is 18.4. The Hall–Kier alpha value is -6.38. The van der Waals surface area contributed by atoms with Crippen molar-refractivity contribution in [2.45, 2.75) is 23.6 Å². The summed E-state index contributed by atoms with van der Waals surface area (Å²) in [4.78, 5) is 24.4. The Morgan fingerprint density at radius 1 is 0.500 bits per heavy atom. The van der Waals surface area contributed by atoms with Crippen molar-refractivity contribution in [3.63, 3.8) is 0 Å². The van der Waals surface area contributed by atoms with Crippen LogP contribution < -0.4 is 21.5 Å². The summed E-state index contributed by atoms with van der Waals surface area (Å²) in [5.41, 5.74) is 1.80. The molecule has 0 atom stereocenters.